The zero-order chi connectivity index (χ0) is 20.3. The number of methoxy groups -OCH3 is 2. The fraction of sp³-hybridized carbons (Fsp3) is 0.368. The summed E-state index contributed by atoms with van der Waals surface area (Å²) in [5, 5.41) is 6.99. The van der Waals surface area contributed by atoms with Crippen molar-refractivity contribution in [2.24, 2.45) is 7.05 Å². The quantitative estimate of drug-likeness (QED) is 0.646. The molecule has 0 aliphatic rings. The minimum Gasteiger partial charge on any atom is -0.493 e. The van der Waals surface area contributed by atoms with Crippen LogP contribution in [0.5, 0.6) is 11.5 Å². The third-order valence-electron chi connectivity index (χ3n) is 4.59. The standard InChI is InChI=1S/C19H23N5O4/c1-12-17-18(22-23(12)2)19(26)24(11-21-17)10-16(25)20-8-7-13-5-6-14(27-3)15(9-13)28-4/h5-6,9,11H,7-8,10H2,1-4H3,(H,20,25). The van der Waals surface area contributed by atoms with Crippen molar-refractivity contribution in [3.05, 3.63) is 46.1 Å². The van der Waals surface area contributed by atoms with Gasteiger partial charge in [0.25, 0.3) is 5.56 Å². The summed E-state index contributed by atoms with van der Waals surface area (Å²) in [4.78, 5) is 29.0. The minimum absolute atomic E-state index is 0.108. The summed E-state index contributed by atoms with van der Waals surface area (Å²) in [5.41, 5.74) is 2.29. The van der Waals surface area contributed by atoms with Crippen LogP contribution in [-0.2, 0) is 24.8 Å². The molecule has 9 heteroatoms. The Kier molecular flexibility index (Phi) is 5.62. The van der Waals surface area contributed by atoms with Crippen LogP contribution in [0, 0.1) is 6.92 Å². The highest BCUT2D eigenvalue weighted by Gasteiger charge is 2.13. The van der Waals surface area contributed by atoms with Gasteiger partial charge in [0.15, 0.2) is 17.0 Å². The van der Waals surface area contributed by atoms with Crippen LogP contribution in [0.25, 0.3) is 11.0 Å². The number of aromatic nitrogens is 4. The number of carbonyl (C=O) groups excluding carboxylic acids is 1. The molecule has 148 valence electrons. The molecular formula is C19H23N5O4. The summed E-state index contributed by atoms with van der Waals surface area (Å²) in [6.07, 6.45) is 2.00. The smallest absolute Gasteiger partial charge is 0.282 e. The number of nitrogens with one attached hydrogen (secondary N) is 1. The van der Waals surface area contributed by atoms with E-state index < -0.39 is 0 Å². The number of hydrogen-bond acceptors (Lipinski definition) is 6. The van der Waals surface area contributed by atoms with Gasteiger partial charge in [0.2, 0.25) is 5.91 Å². The number of aryl methyl sites for hydroxylation is 2. The number of hydrogen-bond donors (Lipinski definition) is 1. The Morgan fingerprint density at radius 3 is 2.64 bits per heavy atom. The molecule has 9 nitrogen and oxygen atoms in total. The highest BCUT2D eigenvalue weighted by Crippen LogP contribution is 2.27. The lowest BCUT2D eigenvalue weighted by Gasteiger charge is -2.10. The van der Waals surface area contributed by atoms with Gasteiger partial charge >= 0.3 is 0 Å². The first-order valence-electron chi connectivity index (χ1n) is 8.81. The minimum atomic E-state index is -0.330. The predicted octanol–water partition coefficient (Wildman–Crippen LogP) is 0.815. The molecule has 2 heterocycles. The van der Waals surface area contributed by atoms with Gasteiger partial charge in [-0.2, -0.15) is 5.10 Å². The molecule has 0 aliphatic heterocycles. The molecule has 0 atom stereocenters. The number of rotatable bonds is 7. The molecule has 0 bridgehead atoms. The molecule has 0 fully saturated rings. The van der Waals surface area contributed by atoms with Crippen LogP contribution in [-0.4, -0.2) is 46.0 Å². The lowest BCUT2D eigenvalue weighted by Crippen LogP contribution is -2.33. The van der Waals surface area contributed by atoms with Crippen LogP contribution in [0.2, 0.25) is 0 Å². The fourth-order valence-corrected chi connectivity index (χ4v) is 2.92. The van der Waals surface area contributed by atoms with Crippen molar-refractivity contribution >= 4 is 16.9 Å². The molecule has 2 aromatic heterocycles. The van der Waals surface area contributed by atoms with Gasteiger partial charge in [-0.25, -0.2) is 4.98 Å². The van der Waals surface area contributed by atoms with Gasteiger partial charge in [0.05, 0.1) is 26.2 Å². The van der Waals surface area contributed by atoms with Crippen molar-refractivity contribution < 1.29 is 14.3 Å². The van der Waals surface area contributed by atoms with E-state index >= 15 is 0 Å². The summed E-state index contributed by atoms with van der Waals surface area (Å²) in [7, 11) is 4.91. The third-order valence-corrected chi connectivity index (χ3v) is 4.59. The van der Waals surface area contributed by atoms with Crippen molar-refractivity contribution in [2.45, 2.75) is 19.9 Å². The summed E-state index contributed by atoms with van der Waals surface area (Å²) in [6, 6.07) is 5.61. The molecule has 0 saturated carbocycles. The molecule has 3 aromatic rings. The Morgan fingerprint density at radius 1 is 1.18 bits per heavy atom. The molecule has 1 amide bonds. The van der Waals surface area contributed by atoms with E-state index in [0.29, 0.717) is 30.0 Å². The predicted molar refractivity (Wildman–Crippen MR) is 104 cm³/mol. The first-order valence-corrected chi connectivity index (χ1v) is 8.81. The summed E-state index contributed by atoms with van der Waals surface area (Å²) < 4.78 is 13.4. The molecule has 0 aliphatic carbocycles. The number of nitrogens with zero attached hydrogens (tertiary/aromatic N) is 4. The number of benzene rings is 1. The van der Waals surface area contributed by atoms with Crippen LogP contribution in [0.1, 0.15) is 11.3 Å². The number of amides is 1. The zero-order valence-corrected chi connectivity index (χ0v) is 16.4. The van der Waals surface area contributed by atoms with Crippen LogP contribution in [0.15, 0.2) is 29.3 Å². The summed E-state index contributed by atoms with van der Waals surface area (Å²) in [5.74, 6) is 1.03. The lowest BCUT2D eigenvalue weighted by atomic mass is 10.1. The Hall–Kier alpha value is -3.36. The number of carbonyl (C=O) groups is 1. The molecule has 3 rings (SSSR count). The Bertz CT molecular complexity index is 1070. The van der Waals surface area contributed by atoms with Gasteiger partial charge < -0.3 is 14.8 Å². The van der Waals surface area contributed by atoms with Gasteiger partial charge in [0.1, 0.15) is 12.1 Å². The van der Waals surface area contributed by atoms with Gasteiger partial charge in [-0.15, -0.1) is 0 Å². The van der Waals surface area contributed by atoms with Crippen LogP contribution < -0.4 is 20.3 Å². The average molecular weight is 385 g/mol. The van der Waals surface area contributed by atoms with Crippen LogP contribution in [0.3, 0.4) is 0 Å². The second kappa shape index (κ2) is 8.12. The molecule has 1 aromatic carbocycles. The van der Waals surface area contributed by atoms with Crippen LogP contribution >= 0.6 is 0 Å². The molecule has 0 radical (unpaired) electrons. The van der Waals surface area contributed by atoms with E-state index in [-0.39, 0.29) is 23.5 Å². The van der Waals surface area contributed by atoms with Gasteiger partial charge in [0, 0.05) is 13.6 Å². The molecule has 0 saturated heterocycles. The third kappa shape index (κ3) is 3.83. The van der Waals surface area contributed by atoms with Gasteiger partial charge in [-0.3, -0.25) is 18.8 Å². The molecular weight excluding hydrogens is 362 g/mol. The Labute approximate surface area is 161 Å². The SMILES string of the molecule is COc1ccc(CCNC(=O)Cn2cnc3c(C)n(C)nc3c2=O)cc1OC. The summed E-state index contributed by atoms with van der Waals surface area (Å²) in [6.45, 7) is 2.16. The Balaban J connectivity index is 1.61. The summed E-state index contributed by atoms with van der Waals surface area (Å²) >= 11 is 0. The zero-order valence-electron chi connectivity index (χ0n) is 16.4. The topological polar surface area (TPSA) is 100 Å². The normalized spacial score (nSPS) is 10.9. The number of ether oxygens (including phenoxy) is 2. The highest BCUT2D eigenvalue weighted by atomic mass is 16.5. The van der Waals surface area contributed by atoms with Gasteiger partial charge in [-0.1, -0.05) is 6.07 Å². The van der Waals surface area contributed by atoms with Crippen molar-refractivity contribution in [3.8, 4) is 11.5 Å². The van der Waals surface area contributed by atoms with Crippen molar-refractivity contribution in [1.82, 2.24) is 24.6 Å². The van der Waals surface area contributed by atoms with E-state index in [1.165, 1.54) is 10.9 Å². The van der Waals surface area contributed by atoms with Crippen molar-refractivity contribution in [3.63, 3.8) is 0 Å². The second-order valence-electron chi connectivity index (χ2n) is 6.37. The second-order valence-corrected chi connectivity index (χ2v) is 6.37. The average Bonchev–Trinajstić information content (AvgIpc) is 2.99. The van der Waals surface area contributed by atoms with Crippen LogP contribution in [0.4, 0.5) is 0 Å². The maximum atomic E-state index is 12.5. The van der Waals surface area contributed by atoms with E-state index in [2.05, 4.69) is 15.4 Å². The molecule has 0 spiro atoms. The van der Waals surface area contributed by atoms with E-state index in [0.717, 1.165) is 11.3 Å². The Morgan fingerprint density at radius 2 is 1.93 bits per heavy atom. The van der Waals surface area contributed by atoms with Crippen molar-refractivity contribution in [2.75, 3.05) is 20.8 Å². The van der Waals surface area contributed by atoms with E-state index in [9.17, 15) is 9.59 Å². The molecule has 1 N–H and O–H groups in total. The van der Waals surface area contributed by atoms with Gasteiger partial charge in [-0.05, 0) is 31.0 Å². The first kappa shape index (κ1) is 19.4. The maximum absolute atomic E-state index is 12.5. The first-order chi connectivity index (χ1) is 13.4. The van der Waals surface area contributed by atoms with E-state index in [1.54, 1.807) is 25.9 Å². The molecule has 28 heavy (non-hydrogen) atoms. The number of fused-ring (bicyclic) bond motifs is 1. The highest BCUT2D eigenvalue weighted by molar-refractivity contribution is 5.78. The largest absolute Gasteiger partial charge is 0.493 e. The van der Waals surface area contributed by atoms with E-state index in [4.69, 9.17) is 9.47 Å². The van der Waals surface area contributed by atoms with E-state index in [1.807, 2.05) is 25.1 Å². The van der Waals surface area contributed by atoms with Crippen molar-refractivity contribution in [1.29, 1.82) is 0 Å². The lowest BCUT2D eigenvalue weighted by molar-refractivity contribution is -0.121. The fourth-order valence-electron chi connectivity index (χ4n) is 2.92. The molecule has 0 unspecified atom stereocenters. The monoisotopic (exact) mass is 385 g/mol. The maximum Gasteiger partial charge on any atom is 0.282 e.